The monoisotopic (exact) mass is 584 g/mol. The highest BCUT2D eigenvalue weighted by Crippen LogP contribution is 2.45. The number of carbonyl (C=O) groups is 3. The zero-order valence-electron chi connectivity index (χ0n) is 23.4. The minimum atomic E-state index is -1.06. The van der Waals surface area contributed by atoms with Crippen LogP contribution < -0.4 is 14.4 Å². The Hall–Kier alpha value is -4.96. The van der Waals surface area contributed by atoms with E-state index in [0.29, 0.717) is 34.1 Å². The van der Waals surface area contributed by atoms with Crippen LogP contribution >= 0.6 is 11.3 Å². The number of para-hydroxylation sites is 1. The molecule has 1 atom stereocenters. The largest absolute Gasteiger partial charge is 0.507 e. The van der Waals surface area contributed by atoms with Gasteiger partial charge in [-0.3, -0.25) is 14.5 Å². The Balaban J connectivity index is 1.67. The molecule has 1 N–H and O–H groups in total. The quantitative estimate of drug-likeness (QED) is 0.110. The lowest BCUT2D eigenvalue weighted by Crippen LogP contribution is -2.29. The molecule has 9 nitrogen and oxygen atoms in total. The van der Waals surface area contributed by atoms with Crippen molar-refractivity contribution >= 4 is 39.9 Å². The van der Waals surface area contributed by atoms with Crippen LogP contribution in [0.5, 0.6) is 17.2 Å². The number of anilines is 1. The van der Waals surface area contributed by atoms with E-state index in [-0.39, 0.29) is 27.9 Å². The number of aliphatic hydroxyl groups excluding tert-OH is 1. The SMILES string of the molecule is CCOC(=O)c1sc(N2C(=O)C(=O)/C(=C(/O)c3ccc(OC)c(C)c3)[C@@H]2c2cccc(Oc3ccccc3)c2)nc1C. The number of Topliss-reactive ketones (excluding diaryl/α,β-unsaturated/α-hetero) is 1. The lowest BCUT2D eigenvalue weighted by molar-refractivity contribution is -0.132. The van der Waals surface area contributed by atoms with Crippen molar-refractivity contribution in [1.29, 1.82) is 0 Å². The van der Waals surface area contributed by atoms with Crippen LogP contribution in [0, 0.1) is 13.8 Å². The number of nitrogens with zero attached hydrogens (tertiary/aromatic N) is 2. The number of benzene rings is 3. The standard InChI is InChI=1S/C32H28N2O7S/c1-5-40-31(38)29-19(3)33-32(42-29)34-26(20-10-9-13-23(17-20)41-22-11-7-6-8-12-22)25(28(36)30(34)37)27(35)21-14-15-24(39-4)18(2)16-21/h6-17,26,35H,5H2,1-4H3/b27-25+/t26-/m0/s1. The minimum Gasteiger partial charge on any atom is -0.507 e. The number of esters is 1. The summed E-state index contributed by atoms with van der Waals surface area (Å²) < 4.78 is 16.5. The molecule has 4 aromatic rings. The third-order valence-electron chi connectivity index (χ3n) is 6.72. The van der Waals surface area contributed by atoms with Gasteiger partial charge in [0.05, 0.1) is 31.0 Å². The van der Waals surface area contributed by atoms with Crippen molar-refractivity contribution in [3.05, 3.63) is 106 Å². The van der Waals surface area contributed by atoms with Gasteiger partial charge in [0.1, 0.15) is 27.9 Å². The average molecular weight is 585 g/mol. The van der Waals surface area contributed by atoms with Crippen LogP contribution in [0.15, 0.2) is 78.4 Å². The van der Waals surface area contributed by atoms with E-state index in [4.69, 9.17) is 14.2 Å². The van der Waals surface area contributed by atoms with Gasteiger partial charge in [-0.1, -0.05) is 41.7 Å². The van der Waals surface area contributed by atoms with Gasteiger partial charge < -0.3 is 19.3 Å². The van der Waals surface area contributed by atoms with Gasteiger partial charge >= 0.3 is 11.9 Å². The Morgan fingerprint density at radius 2 is 1.74 bits per heavy atom. The van der Waals surface area contributed by atoms with Crippen molar-refractivity contribution in [2.24, 2.45) is 0 Å². The van der Waals surface area contributed by atoms with Crippen LogP contribution in [0.3, 0.4) is 0 Å². The normalized spacial score (nSPS) is 16.0. The topological polar surface area (TPSA) is 115 Å². The van der Waals surface area contributed by atoms with Crippen molar-refractivity contribution < 1.29 is 33.7 Å². The molecular weight excluding hydrogens is 556 g/mol. The number of ketones is 1. The fraction of sp³-hybridized carbons (Fsp3) is 0.188. The lowest BCUT2D eigenvalue weighted by atomic mass is 9.94. The molecule has 10 heteroatoms. The van der Waals surface area contributed by atoms with Gasteiger partial charge in [-0.15, -0.1) is 0 Å². The minimum absolute atomic E-state index is 0.119. The number of hydrogen-bond acceptors (Lipinski definition) is 9. The van der Waals surface area contributed by atoms with E-state index in [2.05, 4.69) is 4.98 Å². The van der Waals surface area contributed by atoms with E-state index in [1.54, 1.807) is 75.6 Å². The number of aromatic nitrogens is 1. The van der Waals surface area contributed by atoms with Crippen molar-refractivity contribution in [3.8, 4) is 17.2 Å². The molecule has 0 radical (unpaired) electrons. The second-order valence-electron chi connectivity index (χ2n) is 9.47. The van der Waals surface area contributed by atoms with E-state index in [9.17, 15) is 19.5 Å². The number of aliphatic hydroxyl groups is 1. The summed E-state index contributed by atoms with van der Waals surface area (Å²) in [5.74, 6) is -1.01. The average Bonchev–Trinajstić information content (AvgIpc) is 3.49. The number of carbonyl (C=O) groups excluding carboxylic acids is 3. The summed E-state index contributed by atoms with van der Waals surface area (Å²) in [5.41, 5.74) is 1.82. The molecule has 0 spiro atoms. The molecule has 0 bridgehead atoms. The fourth-order valence-electron chi connectivity index (χ4n) is 4.77. The van der Waals surface area contributed by atoms with Crippen molar-refractivity contribution in [3.63, 3.8) is 0 Å². The molecule has 1 saturated heterocycles. The highest BCUT2D eigenvalue weighted by atomic mass is 32.1. The lowest BCUT2D eigenvalue weighted by Gasteiger charge is -2.23. The summed E-state index contributed by atoms with van der Waals surface area (Å²) in [7, 11) is 1.54. The second kappa shape index (κ2) is 11.9. The summed E-state index contributed by atoms with van der Waals surface area (Å²) in [5, 5.41) is 11.7. The molecule has 0 unspecified atom stereocenters. The third-order valence-corrected chi connectivity index (χ3v) is 7.85. The summed E-state index contributed by atoms with van der Waals surface area (Å²) in [6, 6.07) is 20.0. The van der Waals surface area contributed by atoms with Gasteiger partial charge in [0.25, 0.3) is 5.78 Å². The van der Waals surface area contributed by atoms with E-state index in [1.165, 1.54) is 4.90 Å². The van der Waals surface area contributed by atoms with Crippen LogP contribution in [0.4, 0.5) is 5.13 Å². The van der Waals surface area contributed by atoms with E-state index in [0.717, 1.165) is 16.9 Å². The zero-order chi connectivity index (χ0) is 30.0. The molecule has 5 rings (SSSR count). The Kier molecular flexibility index (Phi) is 8.08. The number of ether oxygens (including phenoxy) is 3. The highest BCUT2D eigenvalue weighted by Gasteiger charge is 2.48. The molecule has 214 valence electrons. The summed E-state index contributed by atoms with van der Waals surface area (Å²) in [6.45, 7) is 5.31. The Bertz CT molecular complexity index is 1710. The zero-order valence-corrected chi connectivity index (χ0v) is 24.2. The Morgan fingerprint density at radius 1 is 1.00 bits per heavy atom. The number of methoxy groups -OCH3 is 1. The summed E-state index contributed by atoms with van der Waals surface area (Å²) in [6.07, 6.45) is 0. The van der Waals surface area contributed by atoms with Gasteiger partial charge in [-0.2, -0.15) is 0 Å². The van der Waals surface area contributed by atoms with Gasteiger partial charge in [0.2, 0.25) is 0 Å². The van der Waals surface area contributed by atoms with E-state index >= 15 is 0 Å². The predicted octanol–water partition coefficient (Wildman–Crippen LogP) is 6.36. The number of thiazole rings is 1. The smallest absolute Gasteiger partial charge is 0.350 e. The Labute approximate surface area is 246 Å². The molecule has 1 aliphatic heterocycles. The molecule has 1 amide bonds. The fourth-order valence-corrected chi connectivity index (χ4v) is 5.76. The van der Waals surface area contributed by atoms with Crippen LogP contribution in [0.1, 0.15) is 45.0 Å². The Morgan fingerprint density at radius 3 is 2.43 bits per heavy atom. The first-order valence-corrected chi connectivity index (χ1v) is 14.0. The number of rotatable bonds is 8. The molecular formula is C32H28N2O7S. The van der Waals surface area contributed by atoms with E-state index in [1.807, 2.05) is 25.1 Å². The summed E-state index contributed by atoms with van der Waals surface area (Å²) >= 11 is 0.948. The van der Waals surface area contributed by atoms with Crippen molar-refractivity contribution in [1.82, 2.24) is 4.98 Å². The second-order valence-corrected chi connectivity index (χ2v) is 10.5. The maximum absolute atomic E-state index is 13.6. The molecule has 1 aromatic heterocycles. The molecule has 3 aromatic carbocycles. The maximum Gasteiger partial charge on any atom is 0.350 e. The highest BCUT2D eigenvalue weighted by molar-refractivity contribution is 7.17. The van der Waals surface area contributed by atoms with Crippen LogP contribution in [-0.2, 0) is 14.3 Å². The van der Waals surface area contributed by atoms with Gasteiger partial charge in [0.15, 0.2) is 5.13 Å². The molecule has 0 aliphatic carbocycles. The third kappa shape index (κ3) is 5.36. The molecule has 1 aliphatic rings. The van der Waals surface area contributed by atoms with Crippen LogP contribution in [0.25, 0.3) is 5.76 Å². The van der Waals surface area contributed by atoms with Crippen LogP contribution in [0.2, 0.25) is 0 Å². The van der Waals surface area contributed by atoms with Gasteiger partial charge in [0, 0.05) is 5.56 Å². The number of amides is 1. The summed E-state index contributed by atoms with van der Waals surface area (Å²) in [4.78, 5) is 45.7. The first-order chi connectivity index (χ1) is 20.2. The number of aryl methyl sites for hydroxylation is 2. The van der Waals surface area contributed by atoms with Gasteiger partial charge in [-0.25, -0.2) is 9.78 Å². The number of hydrogen-bond donors (Lipinski definition) is 1. The molecule has 1 fully saturated rings. The maximum atomic E-state index is 13.6. The predicted molar refractivity (Wildman–Crippen MR) is 158 cm³/mol. The first kappa shape index (κ1) is 28.6. The van der Waals surface area contributed by atoms with E-state index < -0.39 is 23.7 Å². The van der Waals surface area contributed by atoms with Crippen molar-refractivity contribution in [2.45, 2.75) is 26.8 Å². The molecule has 0 saturated carbocycles. The van der Waals surface area contributed by atoms with Gasteiger partial charge in [-0.05, 0) is 74.4 Å². The molecule has 42 heavy (non-hydrogen) atoms. The van der Waals surface area contributed by atoms with Crippen LogP contribution in [-0.4, -0.2) is 41.5 Å². The van der Waals surface area contributed by atoms with Crippen molar-refractivity contribution in [2.75, 3.05) is 18.6 Å². The first-order valence-electron chi connectivity index (χ1n) is 13.2. The molecule has 2 heterocycles.